The summed E-state index contributed by atoms with van der Waals surface area (Å²) in [5.41, 5.74) is 2.27. The van der Waals surface area contributed by atoms with Crippen LogP contribution >= 0.6 is 0 Å². The van der Waals surface area contributed by atoms with Crippen LogP contribution in [0, 0.1) is 25.2 Å². The van der Waals surface area contributed by atoms with Crippen LogP contribution in [0.2, 0.25) is 0 Å². The van der Waals surface area contributed by atoms with Crippen molar-refractivity contribution in [3.63, 3.8) is 0 Å². The van der Waals surface area contributed by atoms with Crippen LogP contribution in [0.5, 0.6) is 0 Å². The summed E-state index contributed by atoms with van der Waals surface area (Å²) in [5, 5.41) is 13.1. The van der Waals surface area contributed by atoms with Gasteiger partial charge in [0.1, 0.15) is 11.6 Å². The van der Waals surface area contributed by atoms with Gasteiger partial charge in [-0.05, 0) is 31.5 Å². The van der Waals surface area contributed by atoms with Crippen molar-refractivity contribution in [2.75, 3.05) is 0 Å². The third-order valence-electron chi connectivity index (χ3n) is 3.25. The van der Waals surface area contributed by atoms with Gasteiger partial charge in [-0.2, -0.15) is 10.2 Å². The van der Waals surface area contributed by atoms with E-state index < -0.39 is 5.56 Å². The third kappa shape index (κ3) is 2.29. The predicted octanol–water partition coefficient (Wildman–Crippen LogP) is 2.58. The summed E-state index contributed by atoms with van der Waals surface area (Å²) in [6, 6.07) is 11.0. The zero-order chi connectivity index (χ0) is 15.7. The maximum Gasteiger partial charge on any atom is 0.266 e. The lowest BCUT2D eigenvalue weighted by Gasteiger charge is -2.08. The van der Waals surface area contributed by atoms with Gasteiger partial charge < -0.3 is 9.51 Å². The Bertz CT molecular complexity index is 947. The molecule has 0 bridgehead atoms. The van der Waals surface area contributed by atoms with Gasteiger partial charge in [0.25, 0.3) is 11.4 Å². The Morgan fingerprint density at radius 2 is 1.91 bits per heavy atom. The molecule has 1 aromatic carbocycles. The molecular formula is C16H12N4O2. The molecule has 22 heavy (non-hydrogen) atoms. The number of benzene rings is 1. The maximum absolute atomic E-state index is 12.0. The van der Waals surface area contributed by atoms with Crippen molar-refractivity contribution in [2.45, 2.75) is 13.8 Å². The predicted molar refractivity (Wildman–Crippen MR) is 80.0 cm³/mol. The van der Waals surface area contributed by atoms with Crippen molar-refractivity contribution in [1.29, 1.82) is 5.26 Å². The molecule has 0 aliphatic carbocycles. The van der Waals surface area contributed by atoms with Crippen LogP contribution in [0.15, 0.2) is 39.6 Å². The quantitative estimate of drug-likeness (QED) is 0.783. The number of hydrogen-bond acceptors (Lipinski definition) is 5. The van der Waals surface area contributed by atoms with Gasteiger partial charge in [0, 0.05) is 16.8 Å². The summed E-state index contributed by atoms with van der Waals surface area (Å²) in [6.45, 7) is 3.50. The van der Waals surface area contributed by atoms with Gasteiger partial charge in [-0.1, -0.05) is 23.4 Å². The van der Waals surface area contributed by atoms with Crippen molar-refractivity contribution in [1.82, 2.24) is 15.1 Å². The normalized spacial score (nSPS) is 10.4. The number of aromatic amines is 1. The molecule has 3 aromatic rings. The number of rotatable bonds is 2. The summed E-state index contributed by atoms with van der Waals surface area (Å²) >= 11 is 0. The van der Waals surface area contributed by atoms with E-state index in [1.165, 1.54) is 0 Å². The minimum atomic E-state index is -0.408. The number of nitriles is 1. The van der Waals surface area contributed by atoms with E-state index in [4.69, 9.17) is 4.52 Å². The molecule has 0 aliphatic heterocycles. The Kier molecular flexibility index (Phi) is 3.31. The van der Waals surface area contributed by atoms with E-state index in [9.17, 15) is 10.1 Å². The van der Waals surface area contributed by atoms with Crippen molar-refractivity contribution in [2.24, 2.45) is 0 Å². The van der Waals surface area contributed by atoms with Crippen molar-refractivity contribution < 1.29 is 4.52 Å². The molecule has 0 saturated carbocycles. The molecule has 108 valence electrons. The molecule has 0 unspecified atom stereocenters. The van der Waals surface area contributed by atoms with Crippen LogP contribution in [0.25, 0.3) is 22.6 Å². The topological polar surface area (TPSA) is 95.6 Å². The summed E-state index contributed by atoms with van der Waals surface area (Å²) in [6.07, 6.45) is 0. The second-order valence-electron chi connectivity index (χ2n) is 4.87. The van der Waals surface area contributed by atoms with Gasteiger partial charge in [0.15, 0.2) is 5.82 Å². The molecule has 2 aromatic heterocycles. The summed E-state index contributed by atoms with van der Waals surface area (Å²) in [4.78, 5) is 18.8. The van der Waals surface area contributed by atoms with E-state index >= 15 is 0 Å². The number of pyridine rings is 1. The first-order chi connectivity index (χ1) is 10.6. The van der Waals surface area contributed by atoms with E-state index in [0.29, 0.717) is 34.1 Å². The maximum atomic E-state index is 12.0. The van der Waals surface area contributed by atoms with Crippen LogP contribution in [0.1, 0.15) is 17.1 Å². The van der Waals surface area contributed by atoms with Gasteiger partial charge in [-0.25, -0.2) is 0 Å². The van der Waals surface area contributed by atoms with Gasteiger partial charge in [0.05, 0.1) is 0 Å². The average Bonchev–Trinajstić information content (AvgIpc) is 2.93. The van der Waals surface area contributed by atoms with Crippen LogP contribution in [-0.4, -0.2) is 15.1 Å². The molecule has 0 radical (unpaired) electrons. The molecule has 0 saturated heterocycles. The van der Waals surface area contributed by atoms with E-state index in [0.717, 1.165) is 0 Å². The Hall–Kier alpha value is -3.20. The zero-order valence-electron chi connectivity index (χ0n) is 12.0. The Labute approximate surface area is 126 Å². The van der Waals surface area contributed by atoms with E-state index in [2.05, 4.69) is 15.1 Å². The SMILES string of the molecule is Cc1noc(-c2ccccc2-c2cc(C)[nH]c(=O)c2C#N)n1. The highest BCUT2D eigenvalue weighted by Crippen LogP contribution is 2.32. The van der Waals surface area contributed by atoms with Crippen LogP contribution in [0.4, 0.5) is 0 Å². The van der Waals surface area contributed by atoms with Crippen LogP contribution in [0.3, 0.4) is 0 Å². The first-order valence-electron chi connectivity index (χ1n) is 6.64. The van der Waals surface area contributed by atoms with E-state index in [1.54, 1.807) is 19.9 Å². The lowest BCUT2D eigenvalue weighted by Crippen LogP contribution is -2.12. The summed E-state index contributed by atoms with van der Waals surface area (Å²) < 4.78 is 5.22. The smallest absolute Gasteiger partial charge is 0.266 e. The Morgan fingerprint density at radius 3 is 2.55 bits per heavy atom. The van der Waals surface area contributed by atoms with E-state index in [1.807, 2.05) is 30.3 Å². The highest BCUT2D eigenvalue weighted by molar-refractivity contribution is 5.82. The van der Waals surface area contributed by atoms with Gasteiger partial charge in [-0.3, -0.25) is 4.79 Å². The first kappa shape index (κ1) is 13.8. The Morgan fingerprint density at radius 1 is 1.18 bits per heavy atom. The standard InChI is InChI=1S/C16H12N4O2/c1-9-7-13(14(8-17)15(21)18-9)11-5-3-4-6-12(11)16-19-10(2)20-22-16/h3-7H,1-2H3,(H,18,21). The average molecular weight is 292 g/mol. The highest BCUT2D eigenvalue weighted by atomic mass is 16.5. The van der Waals surface area contributed by atoms with Crippen molar-refractivity contribution in [3.8, 4) is 28.7 Å². The zero-order valence-corrected chi connectivity index (χ0v) is 12.0. The molecule has 6 heteroatoms. The van der Waals surface area contributed by atoms with Crippen molar-refractivity contribution in [3.05, 3.63) is 57.8 Å². The minimum Gasteiger partial charge on any atom is -0.334 e. The molecule has 3 rings (SSSR count). The van der Waals surface area contributed by atoms with E-state index in [-0.39, 0.29) is 5.56 Å². The molecule has 0 spiro atoms. The number of hydrogen-bond donors (Lipinski definition) is 1. The fourth-order valence-electron chi connectivity index (χ4n) is 2.32. The fraction of sp³-hybridized carbons (Fsp3) is 0.125. The van der Waals surface area contributed by atoms with Gasteiger partial charge >= 0.3 is 0 Å². The van der Waals surface area contributed by atoms with Gasteiger partial charge in [0.2, 0.25) is 0 Å². The molecular weight excluding hydrogens is 280 g/mol. The number of aryl methyl sites for hydroxylation is 2. The lowest BCUT2D eigenvalue weighted by atomic mass is 9.96. The van der Waals surface area contributed by atoms with Crippen LogP contribution in [-0.2, 0) is 0 Å². The number of H-pyrrole nitrogens is 1. The number of nitrogens with one attached hydrogen (secondary N) is 1. The minimum absolute atomic E-state index is 0.0642. The van der Waals surface area contributed by atoms with Gasteiger partial charge in [-0.15, -0.1) is 0 Å². The molecule has 0 atom stereocenters. The third-order valence-corrected chi connectivity index (χ3v) is 3.25. The molecule has 1 N–H and O–H groups in total. The molecule has 0 aliphatic rings. The molecule has 0 fully saturated rings. The fourth-order valence-corrected chi connectivity index (χ4v) is 2.32. The Balaban J connectivity index is 2.31. The lowest BCUT2D eigenvalue weighted by molar-refractivity contribution is 0.426. The molecule has 6 nitrogen and oxygen atoms in total. The summed E-state index contributed by atoms with van der Waals surface area (Å²) in [5.74, 6) is 0.877. The highest BCUT2D eigenvalue weighted by Gasteiger charge is 2.17. The summed E-state index contributed by atoms with van der Waals surface area (Å²) in [7, 11) is 0. The first-order valence-corrected chi connectivity index (χ1v) is 6.64. The molecule has 0 amide bonds. The largest absolute Gasteiger partial charge is 0.334 e. The number of nitrogens with zero attached hydrogens (tertiary/aromatic N) is 3. The van der Waals surface area contributed by atoms with Crippen molar-refractivity contribution >= 4 is 0 Å². The second kappa shape index (κ2) is 5.30. The molecule has 2 heterocycles. The monoisotopic (exact) mass is 292 g/mol. The van der Waals surface area contributed by atoms with Crippen LogP contribution < -0.4 is 5.56 Å². The number of aromatic nitrogens is 3. The second-order valence-corrected chi connectivity index (χ2v) is 4.87.